The Morgan fingerprint density at radius 2 is 1.67 bits per heavy atom. The molecule has 0 fully saturated rings. The van der Waals surface area contributed by atoms with E-state index in [1.54, 1.807) is 24.3 Å². The van der Waals surface area contributed by atoms with Crippen LogP contribution in [0.3, 0.4) is 0 Å². The highest BCUT2D eigenvalue weighted by atomic mass is 35.5. The third kappa shape index (κ3) is 6.89. The molecule has 0 spiro atoms. The molecule has 1 aromatic heterocycles. The lowest BCUT2D eigenvalue weighted by molar-refractivity contribution is -0.145. The van der Waals surface area contributed by atoms with Gasteiger partial charge in [-0.2, -0.15) is 0 Å². The quantitative estimate of drug-likeness (QED) is 0.238. The zero-order valence-electron chi connectivity index (χ0n) is 20.2. The van der Waals surface area contributed by atoms with Gasteiger partial charge < -0.3 is 19.3 Å². The molecule has 4 rings (SSSR count). The van der Waals surface area contributed by atoms with E-state index in [9.17, 15) is 9.90 Å². The van der Waals surface area contributed by atoms with Crippen molar-refractivity contribution < 1.29 is 24.1 Å². The zero-order valence-corrected chi connectivity index (χ0v) is 20.9. The number of para-hydroxylation sites is 1. The van der Waals surface area contributed by atoms with Gasteiger partial charge in [0, 0.05) is 22.0 Å². The molecule has 186 valence electrons. The highest BCUT2D eigenvalue weighted by molar-refractivity contribution is 6.30. The van der Waals surface area contributed by atoms with E-state index in [-0.39, 0.29) is 12.5 Å². The first kappa shape index (κ1) is 25.3. The van der Waals surface area contributed by atoms with Crippen molar-refractivity contribution in [2.24, 2.45) is 5.92 Å². The Labute approximate surface area is 215 Å². The van der Waals surface area contributed by atoms with Crippen molar-refractivity contribution in [1.82, 2.24) is 4.98 Å². The van der Waals surface area contributed by atoms with Gasteiger partial charge in [0.15, 0.2) is 6.10 Å². The standard InChI is InChI=1S/C29H28ClNO5/c1-19(2)14-28(29(32)33)36-27-13-11-22(30)15-21(27)17-34-24-7-5-8-25(16-24)35-18-23-12-10-20-6-3-4-9-26(20)31-23/h3-13,15-16,19,28H,14,17-18H2,1-2H3,(H,32,33). The number of nitrogens with zero attached hydrogens (tertiary/aromatic N) is 1. The molecule has 36 heavy (non-hydrogen) atoms. The molecule has 0 radical (unpaired) electrons. The van der Waals surface area contributed by atoms with Crippen LogP contribution in [0.4, 0.5) is 0 Å². The third-order valence-corrected chi connectivity index (χ3v) is 5.73. The third-order valence-electron chi connectivity index (χ3n) is 5.50. The number of hydrogen-bond donors (Lipinski definition) is 1. The molecule has 0 aliphatic carbocycles. The van der Waals surface area contributed by atoms with Gasteiger partial charge in [-0.1, -0.05) is 55.8 Å². The van der Waals surface area contributed by atoms with E-state index >= 15 is 0 Å². The normalized spacial score (nSPS) is 11.9. The van der Waals surface area contributed by atoms with Crippen LogP contribution in [0, 0.1) is 5.92 Å². The van der Waals surface area contributed by atoms with Crippen molar-refractivity contribution in [2.75, 3.05) is 0 Å². The molecule has 6 nitrogen and oxygen atoms in total. The van der Waals surface area contributed by atoms with Crippen molar-refractivity contribution in [3.63, 3.8) is 0 Å². The number of carbonyl (C=O) groups is 1. The molecule has 4 aromatic rings. The smallest absolute Gasteiger partial charge is 0.344 e. The van der Waals surface area contributed by atoms with Gasteiger partial charge in [-0.05, 0) is 54.8 Å². The molecule has 1 unspecified atom stereocenters. The first-order valence-corrected chi connectivity index (χ1v) is 12.1. The molecule has 0 aliphatic heterocycles. The maximum Gasteiger partial charge on any atom is 0.344 e. The Morgan fingerprint density at radius 3 is 2.42 bits per heavy atom. The Morgan fingerprint density at radius 1 is 0.917 bits per heavy atom. The highest BCUT2D eigenvalue weighted by Crippen LogP contribution is 2.28. The maximum absolute atomic E-state index is 11.7. The van der Waals surface area contributed by atoms with Gasteiger partial charge in [0.1, 0.15) is 30.5 Å². The van der Waals surface area contributed by atoms with E-state index in [1.807, 2.05) is 68.4 Å². The Hall–Kier alpha value is -3.77. The lowest BCUT2D eigenvalue weighted by Crippen LogP contribution is -2.29. The van der Waals surface area contributed by atoms with Gasteiger partial charge in [-0.3, -0.25) is 0 Å². The van der Waals surface area contributed by atoms with Crippen molar-refractivity contribution in [2.45, 2.75) is 39.6 Å². The SMILES string of the molecule is CC(C)CC(Oc1ccc(Cl)cc1COc1cccc(OCc2ccc3ccccc3n2)c1)C(=O)O. The van der Waals surface area contributed by atoms with Gasteiger partial charge in [0.2, 0.25) is 0 Å². The van der Waals surface area contributed by atoms with Crippen molar-refractivity contribution >= 4 is 28.5 Å². The Balaban J connectivity index is 1.41. The van der Waals surface area contributed by atoms with Crippen LogP contribution in [0.2, 0.25) is 5.02 Å². The molecule has 7 heteroatoms. The lowest BCUT2D eigenvalue weighted by atomic mass is 10.1. The molecule has 0 amide bonds. The fraction of sp³-hybridized carbons (Fsp3) is 0.241. The summed E-state index contributed by atoms with van der Waals surface area (Å²) in [7, 11) is 0. The first-order chi connectivity index (χ1) is 17.4. The number of aromatic nitrogens is 1. The number of carboxylic acid groups (broad SMARTS) is 1. The number of fused-ring (bicyclic) bond motifs is 1. The minimum absolute atomic E-state index is 0.152. The van der Waals surface area contributed by atoms with E-state index in [1.165, 1.54) is 0 Å². The Kier molecular flexibility index (Phi) is 8.28. The van der Waals surface area contributed by atoms with E-state index in [2.05, 4.69) is 4.98 Å². The number of aliphatic carboxylic acids is 1. The van der Waals surface area contributed by atoms with Crippen LogP contribution >= 0.6 is 11.6 Å². The molecule has 3 aromatic carbocycles. The molecule has 1 heterocycles. The summed E-state index contributed by atoms with van der Waals surface area (Å²) in [6.45, 7) is 4.39. The van der Waals surface area contributed by atoms with Gasteiger partial charge in [0.05, 0.1) is 11.2 Å². The average molecular weight is 506 g/mol. The van der Waals surface area contributed by atoms with Crippen molar-refractivity contribution in [1.29, 1.82) is 0 Å². The second kappa shape index (κ2) is 11.8. The second-order valence-electron chi connectivity index (χ2n) is 8.87. The second-order valence-corrected chi connectivity index (χ2v) is 9.31. The number of ether oxygens (including phenoxy) is 3. The highest BCUT2D eigenvalue weighted by Gasteiger charge is 2.22. The van der Waals surface area contributed by atoms with Gasteiger partial charge in [-0.15, -0.1) is 0 Å². The molecule has 0 saturated carbocycles. The number of halogens is 1. The fourth-order valence-corrected chi connectivity index (χ4v) is 3.91. The van der Waals surface area contributed by atoms with Crippen LogP contribution in [-0.2, 0) is 18.0 Å². The molecule has 0 aliphatic rings. The van der Waals surface area contributed by atoms with Crippen LogP contribution in [0.25, 0.3) is 10.9 Å². The van der Waals surface area contributed by atoms with Gasteiger partial charge in [0.25, 0.3) is 0 Å². The monoisotopic (exact) mass is 505 g/mol. The molecular formula is C29H28ClNO5. The van der Waals surface area contributed by atoms with Crippen LogP contribution < -0.4 is 14.2 Å². The predicted molar refractivity (Wildman–Crippen MR) is 140 cm³/mol. The number of benzene rings is 3. The summed E-state index contributed by atoms with van der Waals surface area (Å²) in [4.78, 5) is 16.3. The number of carboxylic acids is 1. The minimum Gasteiger partial charge on any atom is -0.489 e. The topological polar surface area (TPSA) is 77.9 Å². The molecule has 1 atom stereocenters. The summed E-state index contributed by atoms with van der Waals surface area (Å²) in [5.74, 6) is 0.846. The zero-order chi connectivity index (χ0) is 25.5. The van der Waals surface area contributed by atoms with Crippen molar-refractivity contribution in [3.05, 3.63) is 95.1 Å². The fourth-order valence-electron chi connectivity index (χ4n) is 3.72. The summed E-state index contributed by atoms with van der Waals surface area (Å²) in [5.41, 5.74) is 2.41. The van der Waals surface area contributed by atoms with Crippen molar-refractivity contribution in [3.8, 4) is 17.2 Å². The summed E-state index contributed by atoms with van der Waals surface area (Å²) < 4.78 is 17.8. The van der Waals surface area contributed by atoms with E-state index in [0.717, 1.165) is 16.6 Å². The number of rotatable bonds is 11. The largest absolute Gasteiger partial charge is 0.489 e. The first-order valence-electron chi connectivity index (χ1n) is 11.8. The number of hydrogen-bond acceptors (Lipinski definition) is 5. The average Bonchev–Trinajstić information content (AvgIpc) is 2.87. The predicted octanol–water partition coefficient (Wildman–Crippen LogP) is 6.92. The van der Waals surface area contributed by atoms with E-state index in [0.29, 0.717) is 40.9 Å². The Bertz CT molecular complexity index is 1340. The van der Waals surface area contributed by atoms with E-state index < -0.39 is 12.1 Å². The summed E-state index contributed by atoms with van der Waals surface area (Å²) in [5, 5.41) is 11.1. The summed E-state index contributed by atoms with van der Waals surface area (Å²) >= 11 is 6.19. The molecule has 1 N–H and O–H groups in total. The maximum atomic E-state index is 11.7. The molecule has 0 saturated heterocycles. The summed E-state index contributed by atoms with van der Waals surface area (Å²) in [6.07, 6.45) is -0.561. The van der Waals surface area contributed by atoms with Gasteiger partial charge in [-0.25, -0.2) is 9.78 Å². The summed E-state index contributed by atoms with van der Waals surface area (Å²) in [6, 6.07) is 24.3. The van der Waals surface area contributed by atoms with Crippen LogP contribution in [0.1, 0.15) is 31.5 Å². The minimum atomic E-state index is -1.00. The van der Waals surface area contributed by atoms with Crippen LogP contribution in [-0.4, -0.2) is 22.2 Å². The molecule has 0 bridgehead atoms. The molecular weight excluding hydrogens is 478 g/mol. The number of pyridine rings is 1. The van der Waals surface area contributed by atoms with Crippen LogP contribution in [0.15, 0.2) is 78.9 Å². The van der Waals surface area contributed by atoms with Crippen LogP contribution in [0.5, 0.6) is 17.2 Å². The van der Waals surface area contributed by atoms with Gasteiger partial charge >= 0.3 is 5.97 Å². The lowest BCUT2D eigenvalue weighted by Gasteiger charge is -2.19. The van der Waals surface area contributed by atoms with E-state index in [4.69, 9.17) is 25.8 Å².